The molecular weight excluding hydrogens is 364 g/mol. The van der Waals surface area contributed by atoms with Gasteiger partial charge in [-0.25, -0.2) is 0 Å². The van der Waals surface area contributed by atoms with Crippen LogP contribution in [0.15, 0.2) is 49.0 Å². The summed E-state index contributed by atoms with van der Waals surface area (Å²) in [6.45, 7) is 7.74. The van der Waals surface area contributed by atoms with E-state index in [1.807, 2.05) is 38.1 Å². The number of carbonyl (C=O) groups excluding carboxylic acids is 2. The van der Waals surface area contributed by atoms with Crippen LogP contribution in [0, 0.1) is 6.92 Å². The highest BCUT2D eigenvalue weighted by Crippen LogP contribution is 2.18. The Hall–Kier alpha value is -2.96. The molecule has 2 amide bonds. The van der Waals surface area contributed by atoms with Gasteiger partial charge in [-0.2, -0.15) is 0 Å². The minimum atomic E-state index is -0.630. The molecule has 0 saturated heterocycles. The van der Waals surface area contributed by atoms with Crippen molar-refractivity contribution in [1.29, 1.82) is 0 Å². The Morgan fingerprint density at radius 2 is 1.86 bits per heavy atom. The van der Waals surface area contributed by atoms with Crippen LogP contribution in [0.25, 0.3) is 6.08 Å². The summed E-state index contributed by atoms with van der Waals surface area (Å²) in [5.74, 6) is -0.554. The third-order valence-corrected chi connectivity index (χ3v) is 4.73. The number of amides is 2. The monoisotopic (exact) mass is 394 g/mol. The second-order valence-electron chi connectivity index (χ2n) is 6.98. The lowest BCUT2D eigenvalue weighted by Crippen LogP contribution is -2.43. The van der Waals surface area contributed by atoms with Crippen LogP contribution in [0.3, 0.4) is 0 Å². The first-order valence-electron chi connectivity index (χ1n) is 9.77. The van der Waals surface area contributed by atoms with Crippen molar-refractivity contribution in [3.63, 3.8) is 0 Å². The van der Waals surface area contributed by atoms with Gasteiger partial charge in [0.05, 0.1) is 6.17 Å². The number of hydrogen-bond acceptors (Lipinski definition) is 4. The zero-order chi connectivity index (χ0) is 21.4. The van der Waals surface area contributed by atoms with Gasteiger partial charge in [0, 0.05) is 11.3 Å². The molecule has 6 nitrogen and oxygen atoms in total. The van der Waals surface area contributed by atoms with E-state index in [1.54, 1.807) is 31.3 Å². The van der Waals surface area contributed by atoms with Gasteiger partial charge in [-0.3, -0.25) is 9.59 Å². The van der Waals surface area contributed by atoms with E-state index < -0.39 is 12.2 Å². The minimum Gasteiger partial charge on any atom is -0.340 e. The fourth-order valence-corrected chi connectivity index (χ4v) is 2.99. The van der Waals surface area contributed by atoms with Crippen molar-refractivity contribution in [3.05, 3.63) is 71.3 Å². The molecule has 154 valence electrons. The van der Waals surface area contributed by atoms with Gasteiger partial charge in [0.25, 0.3) is 5.91 Å². The first-order chi connectivity index (χ1) is 13.9. The summed E-state index contributed by atoms with van der Waals surface area (Å²) in [6.07, 6.45) is 2.57. The molecule has 0 bridgehead atoms. The van der Waals surface area contributed by atoms with Crippen LogP contribution in [0.4, 0.5) is 5.69 Å². The number of benzene rings is 2. The summed E-state index contributed by atoms with van der Waals surface area (Å²) in [5, 5.41) is 8.69. The van der Waals surface area contributed by atoms with Crippen molar-refractivity contribution in [1.82, 2.24) is 10.6 Å². The summed E-state index contributed by atoms with van der Waals surface area (Å²) < 4.78 is 0. The molecule has 0 heterocycles. The molecule has 2 aromatic rings. The predicted octanol–water partition coefficient (Wildman–Crippen LogP) is 3.35. The Bertz CT molecular complexity index is 862. The highest BCUT2D eigenvalue weighted by Gasteiger charge is 2.21. The van der Waals surface area contributed by atoms with E-state index in [0.29, 0.717) is 17.7 Å². The van der Waals surface area contributed by atoms with E-state index in [2.05, 4.69) is 22.5 Å². The molecule has 2 unspecified atom stereocenters. The third kappa shape index (κ3) is 6.01. The molecule has 0 aliphatic rings. The van der Waals surface area contributed by atoms with Crippen molar-refractivity contribution < 1.29 is 9.59 Å². The number of rotatable bonds is 9. The fourth-order valence-electron chi connectivity index (χ4n) is 2.99. The van der Waals surface area contributed by atoms with Crippen LogP contribution < -0.4 is 21.7 Å². The van der Waals surface area contributed by atoms with Gasteiger partial charge in [-0.15, -0.1) is 0 Å². The summed E-state index contributed by atoms with van der Waals surface area (Å²) in [6, 6.07) is 12.2. The topological polar surface area (TPSA) is 96.2 Å². The number of aryl methyl sites for hydroxylation is 1. The zero-order valence-corrected chi connectivity index (χ0v) is 17.3. The highest BCUT2D eigenvalue weighted by atomic mass is 16.2. The van der Waals surface area contributed by atoms with Crippen LogP contribution >= 0.6 is 0 Å². The zero-order valence-electron chi connectivity index (χ0n) is 17.3. The van der Waals surface area contributed by atoms with Crippen LogP contribution in [0.1, 0.15) is 53.0 Å². The molecule has 2 atom stereocenters. The molecule has 0 radical (unpaired) electrons. The normalized spacial score (nSPS) is 12.7. The maximum Gasteiger partial charge on any atom is 0.251 e. The molecule has 2 rings (SSSR count). The quantitative estimate of drug-likeness (QED) is 0.491. The van der Waals surface area contributed by atoms with Crippen LogP contribution in [-0.2, 0) is 4.79 Å². The highest BCUT2D eigenvalue weighted by molar-refractivity contribution is 6.01. The Morgan fingerprint density at radius 1 is 1.17 bits per heavy atom. The average molecular weight is 395 g/mol. The molecule has 0 aliphatic heterocycles. The van der Waals surface area contributed by atoms with Gasteiger partial charge in [0.1, 0.15) is 6.04 Å². The first kappa shape index (κ1) is 22.3. The molecule has 29 heavy (non-hydrogen) atoms. The summed E-state index contributed by atoms with van der Waals surface area (Å²) in [7, 11) is 1.75. The van der Waals surface area contributed by atoms with Crippen molar-refractivity contribution >= 4 is 23.6 Å². The Morgan fingerprint density at radius 3 is 2.45 bits per heavy atom. The third-order valence-electron chi connectivity index (χ3n) is 4.73. The standard InChI is InChI=1S/C23H30N4O2/c1-5-7-20(23(29)26-18-12-8-15(3)9-13-18)27-22(28)17-11-10-16(6-2)19(14-17)21(24)25-4/h6,8-14,20-21,25H,2,5,7,24H2,1,3-4H3,(H,26,29)(H,27,28). The molecule has 6 heteroatoms. The summed E-state index contributed by atoms with van der Waals surface area (Å²) in [4.78, 5) is 25.5. The van der Waals surface area contributed by atoms with E-state index in [4.69, 9.17) is 5.73 Å². The van der Waals surface area contributed by atoms with Gasteiger partial charge in [-0.1, -0.05) is 49.8 Å². The van der Waals surface area contributed by atoms with E-state index >= 15 is 0 Å². The van der Waals surface area contributed by atoms with Gasteiger partial charge in [-0.05, 0) is 55.8 Å². The largest absolute Gasteiger partial charge is 0.340 e. The van der Waals surface area contributed by atoms with Crippen LogP contribution in [0.2, 0.25) is 0 Å². The molecule has 0 fully saturated rings. The number of nitrogens with one attached hydrogen (secondary N) is 3. The van der Waals surface area contributed by atoms with Gasteiger partial charge in [0.2, 0.25) is 5.91 Å². The smallest absolute Gasteiger partial charge is 0.251 e. The number of carbonyl (C=O) groups is 2. The lowest BCUT2D eigenvalue weighted by molar-refractivity contribution is -0.118. The molecule has 0 saturated carbocycles. The van der Waals surface area contributed by atoms with Crippen molar-refractivity contribution in [2.45, 2.75) is 38.9 Å². The molecule has 2 aromatic carbocycles. The SMILES string of the molecule is C=Cc1ccc(C(=O)NC(CCC)C(=O)Nc2ccc(C)cc2)cc1C(N)NC. The minimum absolute atomic E-state index is 0.237. The van der Waals surface area contributed by atoms with E-state index in [9.17, 15) is 9.59 Å². The molecule has 0 aliphatic carbocycles. The molecule has 0 aromatic heterocycles. The maximum absolute atomic E-state index is 12.8. The van der Waals surface area contributed by atoms with Crippen molar-refractivity contribution in [3.8, 4) is 0 Å². The average Bonchev–Trinajstić information content (AvgIpc) is 2.73. The van der Waals surface area contributed by atoms with E-state index in [-0.39, 0.29) is 11.8 Å². The second kappa shape index (κ2) is 10.5. The van der Waals surface area contributed by atoms with Crippen molar-refractivity contribution in [2.24, 2.45) is 5.73 Å². The lowest BCUT2D eigenvalue weighted by Gasteiger charge is -2.19. The number of nitrogens with two attached hydrogens (primary N) is 1. The molecular formula is C23H30N4O2. The van der Waals surface area contributed by atoms with Gasteiger partial charge < -0.3 is 21.7 Å². The van der Waals surface area contributed by atoms with Crippen LogP contribution in [-0.4, -0.2) is 24.9 Å². The molecule has 5 N–H and O–H groups in total. The predicted molar refractivity (Wildman–Crippen MR) is 118 cm³/mol. The Balaban J connectivity index is 2.17. The summed E-state index contributed by atoms with van der Waals surface area (Å²) in [5.41, 5.74) is 9.96. The summed E-state index contributed by atoms with van der Waals surface area (Å²) >= 11 is 0. The fraction of sp³-hybridized carbons (Fsp3) is 0.304. The van der Waals surface area contributed by atoms with Crippen LogP contribution in [0.5, 0.6) is 0 Å². The second-order valence-corrected chi connectivity index (χ2v) is 6.98. The van der Waals surface area contributed by atoms with Crippen molar-refractivity contribution in [2.75, 3.05) is 12.4 Å². The lowest BCUT2D eigenvalue weighted by atomic mass is 10.0. The first-order valence-corrected chi connectivity index (χ1v) is 9.77. The number of hydrogen-bond donors (Lipinski definition) is 4. The maximum atomic E-state index is 12.8. The van der Waals surface area contributed by atoms with E-state index in [1.165, 1.54) is 0 Å². The van der Waals surface area contributed by atoms with Gasteiger partial charge in [0.15, 0.2) is 0 Å². The molecule has 0 spiro atoms. The van der Waals surface area contributed by atoms with Gasteiger partial charge >= 0.3 is 0 Å². The number of anilines is 1. The Kier molecular flexibility index (Phi) is 8.12. The van der Waals surface area contributed by atoms with E-state index in [0.717, 1.165) is 23.1 Å². The Labute approximate surface area is 172 Å².